The van der Waals surface area contributed by atoms with E-state index in [4.69, 9.17) is 28.4 Å². The molecule has 0 atom stereocenters. The molecule has 1 aliphatic heterocycles. The van der Waals surface area contributed by atoms with E-state index in [2.05, 4.69) is 78.1 Å². The van der Waals surface area contributed by atoms with Crippen LogP contribution in [0.4, 0.5) is 25.2 Å². The Morgan fingerprint density at radius 1 is 0.432 bits per heavy atom. The predicted molar refractivity (Wildman–Crippen MR) is 159 cm³/mol. The van der Waals surface area contributed by atoms with Gasteiger partial charge in [-0.3, -0.25) is 0 Å². The molecule has 7 nitrogen and oxygen atoms in total. The topological polar surface area (TPSA) is 72.0 Å². The second-order valence-corrected chi connectivity index (χ2v) is 11.3. The molecule has 0 bridgehead atoms. The minimum Gasteiger partial charge on any atom is -0.339 e. The van der Waals surface area contributed by atoms with Crippen LogP contribution in [0.1, 0.15) is 24.0 Å². The van der Waals surface area contributed by atoms with Gasteiger partial charge in [0.15, 0.2) is 0 Å². The molecule has 254 valence electrons. The fourth-order valence-electron chi connectivity index (χ4n) is 3.37. The Kier molecular flexibility index (Phi) is 20.3. The molecule has 2 aromatic rings. The average molecular weight is 662 g/mol. The van der Waals surface area contributed by atoms with E-state index < -0.39 is 7.81 Å². The van der Waals surface area contributed by atoms with E-state index in [0.717, 1.165) is 39.1 Å². The second-order valence-electron chi connectivity index (χ2n) is 9.35. The van der Waals surface area contributed by atoms with Gasteiger partial charge in [-0.2, -0.15) is 0 Å². The Morgan fingerprint density at radius 2 is 0.682 bits per heavy atom. The van der Waals surface area contributed by atoms with E-state index in [1.54, 1.807) is 0 Å². The number of hydrogen-bond acceptors (Lipinski definition) is 6. The number of ether oxygens (including phenoxy) is 6. The van der Waals surface area contributed by atoms with Gasteiger partial charge in [0, 0.05) is 11.1 Å². The molecule has 2 N–H and O–H groups in total. The first kappa shape index (κ1) is 39.9. The summed E-state index contributed by atoms with van der Waals surface area (Å²) in [5.74, 6) is 0. The predicted octanol–water partition coefficient (Wildman–Crippen LogP) is 6.77. The largest absolute Gasteiger partial charge is 0.339 e. The number of benzene rings is 2. The summed E-state index contributed by atoms with van der Waals surface area (Å²) in [6, 6.07) is 21.1. The third-order valence-electron chi connectivity index (χ3n) is 5.33. The zero-order chi connectivity index (χ0) is 32.3. The van der Waals surface area contributed by atoms with E-state index in [0.29, 0.717) is 66.1 Å². The molecule has 0 radical (unpaired) electrons. The van der Waals surface area contributed by atoms with Crippen molar-refractivity contribution in [2.45, 2.75) is 25.9 Å². The van der Waals surface area contributed by atoms with Gasteiger partial charge in [-0.15, -0.1) is 0 Å². The summed E-state index contributed by atoms with van der Waals surface area (Å²) < 4.78 is 91.7. The van der Waals surface area contributed by atoms with E-state index in [-0.39, 0.29) is 0 Å². The van der Waals surface area contributed by atoms with Crippen LogP contribution in [0.2, 0.25) is 0 Å². The normalized spacial score (nSPS) is 19.5. The molecule has 1 heterocycles. The van der Waals surface area contributed by atoms with Crippen LogP contribution in [-0.4, -0.2) is 79.3 Å². The van der Waals surface area contributed by atoms with Crippen molar-refractivity contribution in [1.82, 2.24) is 0 Å². The van der Waals surface area contributed by atoms with Crippen molar-refractivity contribution in [1.29, 1.82) is 0 Å². The van der Waals surface area contributed by atoms with Gasteiger partial charge >= 0.3 is 33.0 Å². The smallest absolute Gasteiger partial charge is 0.101 e. The van der Waals surface area contributed by atoms with Crippen LogP contribution in [0.3, 0.4) is 0 Å². The van der Waals surface area contributed by atoms with Gasteiger partial charge < -0.3 is 33.7 Å². The van der Waals surface area contributed by atoms with Crippen molar-refractivity contribution >= 4 is 7.81 Å². The molecule has 0 saturated carbocycles. The number of halogens is 6. The Bertz CT molecular complexity index is 898. The van der Waals surface area contributed by atoms with Crippen molar-refractivity contribution < 1.29 is 58.9 Å². The molecule has 0 unspecified atom stereocenters. The van der Waals surface area contributed by atoms with Crippen molar-refractivity contribution in [3.63, 3.8) is 0 Å². The van der Waals surface area contributed by atoms with Gasteiger partial charge in [-0.1, -0.05) is 72.8 Å². The summed E-state index contributed by atoms with van der Waals surface area (Å²) in [5.41, 5.74) is 2.77. The maximum Gasteiger partial charge on any atom is 0.101 e. The number of hydrogen-bond donors (Lipinski definition) is 1. The Hall–Kier alpha value is -2.09. The first-order valence-electron chi connectivity index (χ1n) is 14.5. The third kappa shape index (κ3) is 34.4. The van der Waals surface area contributed by atoms with Crippen LogP contribution >= 0.6 is 7.81 Å². The zero-order valence-electron chi connectivity index (χ0n) is 25.0. The standard InChI is InChI=1S/C16H30O6.C14H15N.F6P/c1-2-4-6-18-8-10-20-12-14-22-16-15-21-13-11-19-9-7-17-5-3-1;1-3-7-13(8-4-1)11-15-12-14-9-5-2-6-10-14;1-7(2,3,4,5)6/h1-2H,3-16H2;1-10,15H,11-12H2;/q;;-1/p+1/b2-1+;;. The monoisotopic (exact) mass is 661 g/mol. The second kappa shape index (κ2) is 22.4. The Morgan fingerprint density at radius 3 is 0.955 bits per heavy atom. The van der Waals surface area contributed by atoms with Crippen molar-refractivity contribution in [2.24, 2.45) is 0 Å². The molecule has 0 fully saturated rings. The van der Waals surface area contributed by atoms with Gasteiger partial charge in [-0.25, -0.2) is 0 Å². The van der Waals surface area contributed by atoms with Gasteiger partial charge in [0.25, 0.3) is 0 Å². The molecule has 44 heavy (non-hydrogen) atoms. The fourth-order valence-corrected chi connectivity index (χ4v) is 3.37. The maximum atomic E-state index is 9.87. The molecule has 0 aliphatic carbocycles. The van der Waals surface area contributed by atoms with Crippen LogP contribution in [0.5, 0.6) is 0 Å². The van der Waals surface area contributed by atoms with Crippen molar-refractivity contribution in [2.75, 3.05) is 79.3 Å². The van der Waals surface area contributed by atoms with Crippen LogP contribution in [0, 0.1) is 0 Å². The zero-order valence-corrected chi connectivity index (χ0v) is 25.9. The third-order valence-corrected chi connectivity index (χ3v) is 5.33. The van der Waals surface area contributed by atoms with Crippen LogP contribution in [-0.2, 0) is 41.5 Å². The van der Waals surface area contributed by atoms with E-state index >= 15 is 0 Å². The van der Waals surface area contributed by atoms with Crippen LogP contribution < -0.4 is 5.32 Å². The quantitative estimate of drug-likeness (QED) is 0.222. The number of rotatable bonds is 4. The van der Waals surface area contributed by atoms with E-state index in [1.165, 1.54) is 11.1 Å². The molecule has 14 heteroatoms. The molecule has 0 amide bonds. The van der Waals surface area contributed by atoms with Gasteiger partial charge in [0.2, 0.25) is 0 Å². The summed E-state index contributed by atoms with van der Waals surface area (Å²) >= 11 is 0. The SMILES string of the molecule is C1=C/CCOCCOCCOCCOCCOCCOCC/1.F[P-](F)(F)(F)(F)F.c1ccc(C[NH2+]Cc2ccccc2)cc1. The fraction of sp³-hybridized carbons (Fsp3) is 0.533. The minimum absolute atomic E-state index is 0.579. The first-order valence-corrected chi connectivity index (χ1v) is 16.5. The molecule has 3 rings (SSSR count). The molecule has 0 saturated heterocycles. The summed E-state index contributed by atoms with van der Waals surface area (Å²) in [4.78, 5) is 0. The summed E-state index contributed by atoms with van der Waals surface area (Å²) in [6.07, 6.45) is 6.09. The molecular formula is C30H46F6NO6P. The molecule has 1 aliphatic rings. The molecular weight excluding hydrogens is 615 g/mol. The average Bonchev–Trinajstić information content (AvgIpc) is 2.96. The van der Waals surface area contributed by atoms with E-state index in [9.17, 15) is 25.2 Å². The Balaban J connectivity index is 0.000000377. The number of nitrogens with two attached hydrogens (primary N) is 1. The molecule has 0 aromatic heterocycles. The van der Waals surface area contributed by atoms with Gasteiger partial charge in [0.05, 0.1) is 79.3 Å². The first-order chi connectivity index (χ1) is 20.9. The van der Waals surface area contributed by atoms with Crippen LogP contribution in [0.15, 0.2) is 72.8 Å². The maximum absolute atomic E-state index is 10.7. The van der Waals surface area contributed by atoms with Gasteiger partial charge in [-0.05, 0) is 12.8 Å². The Labute approximate surface area is 256 Å². The van der Waals surface area contributed by atoms with E-state index in [1.807, 2.05) is 0 Å². The number of quaternary nitrogens is 1. The summed E-state index contributed by atoms with van der Waals surface area (Å²) in [7, 11) is -10.7. The summed E-state index contributed by atoms with van der Waals surface area (Å²) in [6.45, 7) is 9.52. The minimum atomic E-state index is -10.7. The summed E-state index contributed by atoms with van der Waals surface area (Å²) in [5, 5.41) is 2.32. The van der Waals surface area contributed by atoms with Crippen LogP contribution in [0.25, 0.3) is 0 Å². The molecule has 0 spiro atoms. The van der Waals surface area contributed by atoms with Crippen molar-refractivity contribution in [3.8, 4) is 0 Å². The van der Waals surface area contributed by atoms with Crippen molar-refractivity contribution in [3.05, 3.63) is 83.9 Å². The molecule has 2 aromatic carbocycles. The van der Waals surface area contributed by atoms with Gasteiger partial charge in [0.1, 0.15) is 13.1 Å².